The summed E-state index contributed by atoms with van der Waals surface area (Å²) in [6, 6.07) is 6.18. The highest BCUT2D eigenvalue weighted by Crippen LogP contribution is 2.31. The van der Waals surface area contributed by atoms with Gasteiger partial charge in [-0.25, -0.2) is 8.42 Å². The molecule has 0 radical (unpaired) electrons. The number of methoxy groups -OCH3 is 1. The van der Waals surface area contributed by atoms with Crippen LogP contribution in [0.1, 0.15) is 30.1 Å². The zero-order valence-electron chi connectivity index (χ0n) is 11.7. The molecule has 0 aromatic heterocycles. The van der Waals surface area contributed by atoms with Crippen molar-refractivity contribution in [2.75, 3.05) is 20.3 Å². The van der Waals surface area contributed by atoms with Gasteiger partial charge in [-0.05, 0) is 31.9 Å². The van der Waals surface area contributed by atoms with Gasteiger partial charge in [0.2, 0.25) is 10.0 Å². The maximum atomic E-state index is 12.6. The van der Waals surface area contributed by atoms with E-state index in [1.54, 1.807) is 19.2 Å². The Morgan fingerprint density at radius 2 is 1.90 bits per heavy atom. The number of ketones is 1. The smallest absolute Gasteiger partial charge is 0.243 e. The van der Waals surface area contributed by atoms with Gasteiger partial charge in [0.25, 0.3) is 0 Å². The van der Waals surface area contributed by atoms with Crippen LogP contribution in [0.2, 0.25) is 0 Å². The van der Waals surface area contributed by atoms with E-state index in [0.29, 0.717) is 18.7 Å². The first-order chi connectivity index (χ1) is 9.46. The highest BCUT2D eigenvalue weighted by Gasteiger charge is 2.37. The number of hydrogen-bond donors (Lipinski definition) is 0. The van der Waals surface area contributed by atoms with Crippen LogP contribution in [0.25, 0.3) is 0 Å². The Balaban J connectivity index is 2.25. The maximum Gasteiger partial charge on any atom is 0.243 e. The second-order valence-electron chi connectivity index (χ2n) is 4.92. The first kappa shape index (κ1) is 15.2. The average Bonchev–Trinajstić information content (AvgIpc) is 3.23. The molecule has 0 bridgehead atoms. The Morgan fingerprint density at radius 3 is 2.35 bits per heavy atom. The second-order valence-corrected chi connectivity index (χ2v) is 6.81. The van der Waals surface area contributed by atoms with Crippen LogP contribution in [-0.4, -0.2) is 44.8 Å². The maximum absolute atomic E-state index is 12.6. The molecule has 1 aliphatic carbocycles. The highest BCUT2D eigenvalue weighted by atomic mass is 32.2. The molecule has 1 saturated carbocycles. The fourth-order valence-electron chi connectivity index (χ4n) is 2.04. The van der Waals surface area contributed by atoms with Crippen molar-refractivity contribution in [2.45, 2.75) is 30.7 Å². The zero-order valence-corrected chi connectivity index (χ0v) is 12.5. The third-order valence-electron chi connectivity index (χ3n) is 3.34. The standard InChI is InChI=1S/C14H19NO4S/c1-11(16)12-3-7-14(8-4-12)20(17,18)15(9-10-19-2)13-5-6-13/h3-4,7-8,13H,5-6,9-10H2,1-2H3. The highest BCUT2D eigenvalue weighted by molar-refractivity contribution is 7.89. The van der Waals surface area contributed by atoms with Crippen molar-refractivity contribution in [3.63, 3.8) is 0 Å². The van der Waals surface area contributed by atoms with Crippen molar-refractivity contribution in [1.82, 2.24) is 4.31 Å². The van der Waals surface area contributed by atoms with Crippen molar-refractivity contribution in [2.24, 2.45) is 0 Å². The van der Waals surface area contributed by atoms with Crippen LogP contribution in [0, 0.1) is 0 Å². The van der Waals surface area contributed by atoms with Gasteiger partial charge < -0.3 is 4.74 Å². The van der Waals surface area contributed by atoms with Gasteiger partial charge in [-0.15, -0.1) is 0 Å². The molecule has 110 valence electrons. The molecule has 1 aromatic rings. The van der Waals surface area contributed by atoms with E-state index < -0.39 is 10.0 Å². The number of hydrogen-bond acceptors (Lipinski definition) is 4. The molecule has 1 aromatic carbocycles. The SMILES string of the molecule is COCCN(C1CC1)S(=O)(=O)c1ccc(C(C)=O)cc1. The average molecular weight is 297 g/mol. The first-order valence-electron chi connectivity index (χ1n) is 6.58. The molecule has 0 unspecified atom stereocenters. The number of sulfonamides is 1. The predicted molar refractivity (Wildman–Crippen MR) is 75.2 cm³/mol. The summed E-state index contributed by atoms with van der Waals surface area (Å²) in [5, 5.41) is 0. The third-order valence-corrected chi connectivity index (χ3v) is 5.30. The van der Waals surface area contributed by atoms with E-state index in [-0.39, 0.29) is 16.7 Å². The lowest BCUT2D eigenvalue weighted by Gasteiger charge is -2.21. The quantitative estimate of drug-likeness (QED) is 0.718. The van der Waals surface area contributed by atoms with Crippen LogP contribution in [0.4, 0.5) is 0 Å². The van der Waals surface area contributed by atoms with E-state index in [1.807, 2.05) is 0 Å². The Bertz CT molecular complexity index is 576. The molecule has 20 heavy (non-hydrogen) atoms. The van der Waals surface area contributed by atoms with E-state index in [2.05, 4.69) is 0 Å². The van der Waals surface area contributed by atoms with Crippen molar-refractivity contribution in [1.29, 1.82) is 0 Å². The van der Waals surface area contributed by atoms with Crippen molar-refractivity contribution in [3.8, 4) is 0 Å². The molecule has 1 fully saturated rings. The van der Waals surface area contributed by atoms with Crippen molar-refractivity contribution in [3.05, 3.63) is 29.8 Å². The van der Waals surface area contributed by atoms with E-state index in [1.165, 1.54) is 23.4 Å². The van der Waals surface area contributed by atoms with Gasteiger partial charge in [-0.2, -0.15) is 4.31 Å². The Hall–Kier alpha value is -1.24. The van der Waals surface area contributed by atoms with Gasteiger partial charge >= 0.3 is 0 Å². The largest absolute Gasteiger partial charge is 0.383 e. The number of benzene rings is 1. The molecule has 0 amide bonds. The molecule has 0 heterocycles. The van der Waals surface area contributed by atoms with Crippen LogP contribution >= 0.6 is 0 Å². The van der Waals surface area contributed by atoms with Gasteiger partial charge in [-0.1, -0.05) is 12.1 Å². The Labute approximate surface area is 119 Å². The molecule has 0 N–H and O–H groups in total. The summed E-state index contributed by atoms with van der Waals surface area (Å²) in [5.74, 6) is -0.0765. The molecule has 5 nitrogen and oxygen atoms in total. The van der Waals surface area contributed by atoms with Crippen LogP contribution in [0.5, 0.6) is 0 Å². The summed E-state index contributed by atoms with van der Waals surface area (Å²) in [5.41, 5.74) is 0.513. The molecule has 0 saturated heterocycles. The number of ether oxygens (including phenoxy) is 1. The lowest BCUT2D eigenvalue weighted by Crippen LogP contribution is -2.35. The van der Waals surface area contributed by atoms with Gasteiger partial charge in [0.05, 0.1) is 11.5 Å². The summed E-state index contributed by atoms with van der Waals surface area (Å²) in [4.78, 5) is 11.5. The molecular formula is C14H19NO4S. The van der Waals surface area contributed by atoms with Crippen LogP contribution in [-0.2, 0) is 14.8 Å². The number of rotatable bonds is 7. The lowest BCUT2D eigenvalue weighted by atomic mass is 10.2. The molecule has 0 aliphatic heterocycles. The minimum Gasteiger partial charge on any atom is -0.383 e. The van der Waals surface area contributed by atoms with Crippen molar-refractivity contribution >= 4 is 15.8 Å². The molecule has 0 atom stereocenters. The van der Waals surface area contributed by atoms with Crippen LogP contribution in [0.3, 0.4) is 0 Å². The summed E-state index contributed by atoms with van der Waals surface area (Å²) in [6.07, 6.45) is 1.79. The zero-order chi connectivity index (χ0) is 14.8. The second kappa shape index (κ2) is 6.03. The van der Waals surface area contributed by atoms with Crippen LogP contribution < -0.4 is 0 Å². The predicted octanol–water partition coefficient (Wildman–Crippen LogP) is 1.69. The van der Waals surface area contributed by atoms with Gasteiger partial charge in [0, 0.05) is 25.3 Å². The Kier molecular flexibility index (Phi) is 4.57. The summed E-state index contributed by atoms with van der Waals surface area (Å²) >= 11 is 0. The molecular weight excluding hydrogens is 278 g/mol. The monoisotopic (exact) mass is 297 g/mol. The molecule has 0 spiro atoms. The minimum absolute atomic E-state index is 0.0765. The number of Topliss-reactive ketones (excluding diaryl/α,β-unsaturated/α-hetero) is 1. The molecule has 2 rings (SSSR count). The summed E-state index contributed by atoms with van der Waals surface area (Å²) in [6.45, 7) is 2.19. The lowest BCUT2D eigenvalue weighted by molar-refractivity contribution is 0.101. The van der Waals surface area contributed by atoms with Gasteiger partial charge in [0.1, 0.15) is 0 Å². The van der Waals surface area contributed by atoms with E-state index >= 15 is 0 Å². The summed E-state index contributed by atoms with van der Waals surface area (Å²) in [7, 11) is -1.96. The van der Waals surface area contributed by atoms with Gasteiger partial charge in [-0.3, -0.25) is 4.79 Å². The van der Waals surface area contributed by atoms with Crippen LogP contribution in [0.15, 0.2) is 29.2 Å². The molecule has 1 aliphatic rings. The molecule has 6 heteroatoms. The van der Waals surface area contributed by atoms with Gasteiger partial charge in [0.15, 0.2) is 5.78 Å². The summed E-state index contributed by atoms with van der Waals surface area (Å²) < 4.78 is 31.7. The van der Waals surface area contributed by atoms with E-state index in [4.69, 9.17) is 4.74 Å². The first-order valence-corrected chi connectivity index (χ1v) is 8.02. The fraction of sp³-hybridized carbons (Fsp3) is 0.500. The number of carbonyl (C=O) groups is 1. The fourth-order valence-corrected chi connectivity index (χ4v) is 3.71. The number of carbonyl (C=O) groups excluding carboxylic acids is 1. The third kappa shape index (κ3) is 3.26. The normalized spacial score (nSPS) is 15.6. The minimum atomic E-state index is -3.51. The topological polar surface area (TPSA) is 63.7 Å². The van der Waals surface area contributed by atoms with Crippen molar-refractivity contribution < 1.29 is 17.9 Å². The number of nitrogens with zero attached hydrogens (tertiary/aromatic N) is 1. The van der Waals surface area contributed by atoms with E-state index in [0.717, 1.165) is 12.8 Å². The van der Waals surface area contributed by atoms with E-state index in [9.17, 15) is 13.2 Å². The Morgan fingerprint density at radius 1 is 1.30 bits per heavy atom.